The molecule has 2 N–H and O–H groups in total. The summed E-state index contributed by atoms with van der Waals surface area (Å²) in [5.41, 5.74) is 5.01. The lowest BCUT2D eigenvalue weighted by Crippen LogP contribution is -2.37. The summed E-state index contributed by atoms with van der Waals surface area (Å²) in [5.74, 6) is 0.737. The van der Waals surface area contributed by atoms with Crippen LogP contribution in [0.15, 0.2) is 78.9 Å². The summed E-state index contributed by atoms with van der Waals surface area (Å²) in [6.07, 6.45) is 1.87. The normalized spacial score (nSPS) is 15.9. The average molecular weight is 656 g/mol. The molecule has 2 aliphatic rings. The van der Waals surface area contributed by atoms with Gasteiger partial charge in [0.05, 0.1) is 11.4 Å². The van der Waals surface area contributed by atoms with Crippen LogP contribution in [0.2, 0.25) is 0 Å². The molecule has 9 nitrogen and oxygen atoms in total. The number of fused-ring (bicyclic) bond motifs is 1. The number of rotatable bonds is 7. The second kappa shape index (κ2) is 13.1. The van der Waals surface area contributed by atoms with Crippen molar-refractivity contribution in [3.05, 3.63) is 101 Å². The third-order valence-corrected chi connectivity index (χ3v) is 8.48. The third-order valence-electron chi connectivity index (χ3n) is 8.48. The molecule has 0 atom stereocenters. The van der Waals surface area contributed by atoms with Crippen LogP contribution in [0.4, 0.5) is 25.1 Å². The number of amides is 3. The van der Waals surface area contributed by atoms with E-state index in [9.17, 15) is 18.4 Å². The van der Waals surface area contributed by atoms with Gasteiger partial charge in [-0.15, -0.1) is 8.78 Å². The summed E-state index contributed by atoms with van der Waals surface area (Å²) in [5, 5.41) is 10.7. The van der Waals surface area contributed by atoms with Crippen molar-refractivity contribution < 1.29 is 27.8 Å². The number of anilines is 2. The smallest absolute Gasteiger partial charge is 0.395 e. The Bertz CT molecular complexity index is 1840. The monoisotopic (exact) mass is 655 g/mol. The Labute approximate surface area is 278 Å². The highest BCUT2D eigenvalue weighted by Crippen LogP contribution is 2.41. The molecule has 3 aromatic carbocycles. The molecule has 0 radical (unpaired) electrons. The van der Waals surface area contributed by atoms with Gasteiger partial charge in [0.15, 0.2) is 11.5 Å². The number of urea groups is 1. The zero-order valence-electron chi connectivity index (χ0n) is 27.4. The number of halogens is 2. The Hall–Kier alpha value is -5.19. The van der Waals surface area contributed by atoms with Crippen molar-refractivity contribution in [1.29, 1.82) is 0 Å². The number of likely N-dealkylation sites (tertiary alicyclic amines) is 1. The number of alkyl halides is 2. The lowest BCUT2D eigenvalue weighted by molar-refractivity contribution is -0.286. The minimum Gasteiger partial charge on any atom is -0.395 e. The number of nitrogens with zero attached hydrogens (tertiary/aromatic N) is 3. The zero-order chi connectivity index (χ0) is 34.1. The maximum atomic E-state index is 13.3. The molecule has 0 aliphatic carbocycles. The first-order valence-corrected chi connectivity index (χ1v) is 16.0. The van der Waals surface area contributed by atoms with Gasteiger partial charge in [-0.05, 0) is 85.7 Å². The van der Waals surface area contributed by atoms with E-state index in [4.69, 9.17) is 5.10 Å². The molecular formula is C37H39F2N5O4. The standard InChI is InChI=1S/C37H39F2N5O4/c1-24-8-12-29(13-9-24)44-33(23-32(42-44)36(2,3)4)41-35(46)40-28-7-5-6-27(21-28)20-26-16-18-43(19-17-26)34(45)15-11-25-10-14-30-31(22-25)48-37(38,39)47-30/h5-15,21-23,26H,16-20H2,1-4H3,(H2,40,41,46)/b15-11+. The first-order chi connectivity index (χ1) is 22.8. The third kappa shape index (κ3) is 7.84. The number of nitrogens with one attached hydrogen (secondary N) is 2. The second-order valence-corrected chi connectivity index (χ2v) is 13.4. The van der Waals surface area contributed by atoms with Crippen LogP contribution in [0.25, 0.3) is 11.8 Å². The molecule has 6 rings (SSSR count). The van der Waals surface area contributed by atoms with Crippen LogP contribution in [0.5, 0.6) is 11.5 Å². The van der Waals surface area contributed by atoms with Crippen molar-refractivity contribution in [2.24, 2.45) is 5.92 Å². The summed E-state index contributed by atoms with van der Waals surface area (Å²) in [7, 11) is 0. The summed E-state index contributed by atoms with van der Waals surface area (Å²) >= 11 is 0. The number of ether oxygens (including phenoxy) is 2. The number of hydrogen-bond acceptors (Lipinski definition) is 5. The van der Waals surface area contributed by atoms with Gasteiger partial charge in [-0.25, -0.2) is 9.48 Å². The molecule has 3 amide bonds. The lowest BCUT2D eigenvalue weighted by Gasteiger charge is -2.31. The molecular weight excluding hydrogens is 616 g/mol. The molecule has 0 saturated carbocycles. The van der Waals surface area contributed by atoms with Gasteiger partial charge in [-0.2, -0.15) is 5.10 Å². The molecule has 48 heavy (non-hydrogen) atoms. The molecule has 1 aromatic heterocycles. The van der Waals surface area contributed by atoms with Gasteiger partial charge in [0.1, 0.15) is 5.82 Å². The van der Waals surface area contributed by atoms with E-state index in [1.165, 1.54) is 18.2 Å². The minimum atomic E-state index is -3.68. The van der Waals surface area contributed by atoms with Crippen molar-refractivity contribution >= 4 is 29.5 Å². The highest BCUT2D eigenvalue weighted by Gasteiger charge is 2.43. The SMILES string of the molecule is Cc1ccc(-n2nc(C(C)(C)C)cc2NC(=O)Nc2cccc(CC3CCN(C(=O)/C=C/c4ccc5c(c4)OC(F)(F)O5)CC3)c2)cc1. The molecule has 3 heterocycles. The summed E-state index contributed by atoms with van der Waals surface area (Å²) in [6.45, 7) is 9.51. The van der Waals surface area contributed by atoms with E-state index < -0.39 is 6.29 Å². The van der Waals surface area contributed by atoms with Crippen molar-refractivity contribution in [2.75, 3.05) is 23.7 Å². The maximum Gasteiger partial charge on any atom is 0.586 e. The zero-order valence-corrected chi connectivity index (χ0v) is 27.4. The second-order valence-electron chi connectivity index (χ2n) is 13.4. The van der Waals surface area contributed by atoms with E-state index >= 15 is 0 Å². The minimum absolute atomic E-state index is 0.0353. The molecule has 1 saturated heterocycles. The van der Waals surface area contributed by atoms with Crippen molar-refractivity contribution in [2.45, 2.75) is 58.7 Å². The van der Waals surface area contributed by atoms with Gasteiger partial charge < -0.3 is 19.7 Å². The van der Waals surface area contributed by atoms with E-state index in [0.29, 0.717) is 36.1 Å². The number of hydrogen-bond donors (Lipinski definition) is 2. The average Bonchev–Trinajstić information content (AvgIpc) is 3.60. The predicted molar refractivity (Wildman–Crippen MR) is 181 cm³/mol. The number of carbonyl (C=O) groups is 2. The fourth-order valence-corrected chi connectivity index (χ4v) is 5.81. The van der Waals surface area contributed by atoms with Gasteiger partial charge in [0, 0.05) is 36.3 Å². The molecule has 0 unspecified atom stereocenters. The van der Waals surface area contributed by atoms with Gasteiger partial charge >= 0.3 is 12.3 Å². The van der Waals surface area contributed by atoms with Crippen LogP contribution >= 0.6 is 0 Å². The Morgan fingerprint density at radius 1 is 0.958 bits per heavy atom. The number of carbonyl (C=O) groups excluding carboxylic acids is 2. The summed E-state index contributed by atoms with van der Waals surface area (Å²) in [4.78, 5) is 27.8. The molecule has 2 aliphatic heterocycles. The summed E-state index contributed by atoms with van der Waals surface area (Å²) < 4.78 is 37.3. The molecule has 11 heteroatoms. The fourth-order valence-electron chi connectivity index (χ4n) is 5.81. The topological polar surface area (TPSA) is 97.7 Å². The predicted octanol–water partition coefficient (Wildman–Crippen LogP) is 7.94. The first kappa shape index (κ1) is 32.7. The van der Waals surface area contributed by atoms with E-state index in [0.717, 1.165) is 41.8 Å². The van der Waals surface area contributed by atoms with E-state index in [-0.39, 0.29) is 28.9 Å². The van der Waals surface area contributed by atoms with Crippen molar-refractivity contribution in [3.63, 3.8) is 0 Å². The Balaban J connectivity index is 1.02. The molecule has 1 fully saturated rings. The maximum absolute atomic E-state index is 13.3. The number of aryl methyl sites for hydroxylation is 1. The van der Waals surface area contributed by atoms with Crippen molar-refractivity contribution in [3.8, 4) is 17.2 Å². The van der Waals surface area contributed by atoms with Crippen LogP contribution in [0.3, 0.4) is 0 Å². The van der Waals surface area contributed by atoms with Crippen LogP contribution in [0.1, 0.15) is 56.0 Å². The van der Waals surface area contributed by atoms with Crippen LogP contribution in [-0.4, -0.2) is 46.0 Å². The number of aromatic nitrogens is 2. The Kier molecular flexibility index (Phi) is 8.96. The largest absolute Gasteiger partial charge is 0.586 e. The molecule has 250 valence electrons. The van der Waals surface area contributed by atoms with Gasteiger partial charge in [-0.1, -0.05) is 56.7 Å². The van der Waals surface area contributed by atoms with Gasteiger partial charge in [-0.3, -0.25) is 10.1 Å². The highest BCUT2D eigenvalue weighted by atomic mass is 19.3. The first-order valence-electron chi connectivity index (χ1n) is 16.0. The number of benzene rings is 3. The van der Waals surface area contributed by atoms with Gasteiger partial charge in [0.2, 0.25) is 5.91 Å². The van der Waals surface area contributed by atoms with Crippen LogP contribution in [0, 0.1) is 12.8 Å². The summed E-state index contributed by atoms with van der Waals surface area (Å²) in [6, 6.07) is 21.8. The van der Waals surface area contributed by atoms with E-state index in [1.807, 2.05) is 61.5 Å². The van der Waals surface area contributed by atoms with E-state index in [1.54, 1.807) is 21.7 Å². The fraction of sp³-hybridized carbons (Fsp3) is 0.324. The van der Waals surface area contributed by atoms with Crippen molar-refractivity contribution in [1.82, 2.24) is 14.7 Å². The van der Waals surface area contributed by atoms with Gasteiger partial charge in [0.25, 0.3) is 0 Å². The molecule has 0 spiro atoms. The Morgan fingerprint density at radius 2 is 1.69 bits per heavy atom. The van der Waals surface area contributed by atoms with Crippen LogP contribution < -0.4 is 20.1 Å². The molecule has 0 bridgehead atoms. The van der Waals surface area contributed by atoms with E-state index in [2.05, 4.69) is 40.9 Å². The number of piperidine rings is 1. The molecule has 4 aromatic rings. The highest BCUT2D eigenvalue weighted by molar-refractivity contribution is 5.99. The lowest BCUT2D eigenvalue weighted by atomic mass is 9.90. The Morgan fingerprint density at radius 3 is 2.42 bits per heavy atom. The quantitative estimate of drug-likeness (QED) is 0.197. The van der Waals surface area contributed by atoms with Crippen LogP contribution in [-0.2, 0) is 16.6 Å².